The fourth-order valence-electron chi connectivity index (χ4n) is 4.81. The molecule has 0 aromatic carbocycles. The van der Waals surface area contributed by atoms with Crippen LogP contribution in [0.3, 0.4) is 0 Å². The third kappa shape index (κ3) is 37.5. The lowest BCUT2D eigenvalue weighted by molar-refractivity contribution is -0.870. The van der Waals surface area contributed by atoms with Crippen molar-refractivity contribution in [1.82, 2.24) is 0 Å². The molecule has 0 saturated heterocycles. The van der Waals surface area contributed by atoms with E-state index in [2.05, 4.69) is 74.6 Å². The number of esters is 2. The number of ether oxygens (including phenoxy) is 2. The van der Waals surface area contributed by atoms with Crippen molar-refractivity contribution in [3.8, 4) is 0 Å². The summed E-state index contributed by atoms with van der Waals surface area (Å²) in [6, 6.07) is 0. The van der Waals surface area contributed by atoms with Crippen LogP contribution >= 0.6 is 7.82 Å². The van der Waals surface area contributed by atoms with Crippen LogP contribution in [0.5, 0.6) is 0 Å². The molecule has 0 spiro atoms. The van der Waals surface area contributed by atoms with E-state index in [1.807, 2.05) is 21.1 Å². The zero-order valence-corrected chi connectivity index (χ0v) is 34.4. The fraction of sp³-hybridized carbons (Fsp3) is 0.714. The van der Waals surface area contributed by atoms with E-state index in [9.17, 15) is 19.0 Å². The molecule has 0 rings (SSSR count). The number of unbranched alkanes of at least 4 members (excludes halogenated alkanes) is 11. The molecule has 300 valence electrons. The summed E-state index contributed by atoms with van der Waals surface area (Å²) >= 11 is 0. The Labute approximate surface area is 317 Å². The average molecular weight is 753 g/mol. The first-order chi connectivity index (χ1) is 25.0. The lowest BCUT2D eigenvalue weighted by Crippen LogP contribution is -2.37. The Morgan fingerprint density at radius 1 is 0.596 bits per heavy atom. The van der Waals surface area contributed by atoms with Gasteiger partial charge in [-0.1, -0.05) is 120 Å². The normalized spacial score (nSPS) is 14.3. The average Bonchev–Trinajstić information content (AvgIpc) is 3.09. The van der Waals surface area contributed by atoms with Gasteiger partial charge in [-0.2, -0.15) is 0 Å². The van der Waals surface area contributed by atoms with E-state index in [0.29, 0.717) is 23.9 Å². The maximum absolute atomic E-state index is 12.6. The molecule has 0 heterocycles. The third-order valence-electron chi connectivity index (χ3n) is 8.00. The maximum atomic E-state index is 12.6. The molecule has 10 heteroatoms. The van der Waals surface area contributed by atoms with Crippen molar-refractivity contribution in [2.24, 2.45) is 0 Å². The van der Waals surface area contributed by atoms with Crippen LogP contribution in [0.25, 0.3) is 0 Å². The summed E-state index contributed by atoms with van der Waals surface area (Å²) in [6.07, 6.45) is 39.8. The van der Waals surface area contributed by atoms with Gasteiger partial charge in [0, 0.05) is 12.8 Å². The van der Waals surface area contributed by atoms with Gasteiger partial charge in [0.1, 0.15) is 19.8 Å². The second-order valence-electron chi connectivity index (χ2n) is 14.3. The minimum Gasteiger partial charge on any atom is -0.462 e. The molecule has 0 fully saturated rings. The molecule has 1 unspecified atom stereocenters. The summed E-state index contributed by atoms with van der Waals surface area (Å²) in [7, 11) is 1.44. The minimum absolute atomic E-state index is 0.0220. The summed E-state index contributed by atoms with van der Waals surface area (Å²) in [5, 5.41) is 0. The summed E-state index contributed by atoms with van der Waals surface area (Å²) in [5.41, 5.74) is 0. The molecule has 0 aliphatic heterocycles. The Bertz CT molecular complexity index is 1080. The van der Waals surface area contributed by atoms with E-state index < -0.39 is 32.5 Å². The van der Waals surface area contributed by atoms with Crippen LogP contribution in [0.2, 0.25) is 0 Å². The summed E-state index contributed by atoms with van der Waals surface area (Å²) in [6.45, 7) is 4.24. The number of hydrogen-bond acceptors (Lipinski definition) is 7. The van der Waals surface area contributed by atoms with Crippen LogP contribution in [0.4, 0.5) is 0 Å². The first-order valence-corrected chi connectivity index (χ1v) is 21.5. The number of hydrogen-bond donors (Lipinski definition) is 1. The van der Waals surface area contributed by atoms with Crippen LogP contribution in [-0.2, 0) is 32.7 Å². The molecule has 0 aliphatic carbocycles. The minimum atomic E-state index is -4.38. The fourth-order valence-corrected chi connectivity index (χ4v) is 5.55. The Hall–Kier alpha value is -2.29. The molecule has 1 N–H and O–H groups in total. The standard InChI is InChI=1S/C42H74NO8P/c1-6-8-10-12-14-16-18-19-20-21-22-23-25-26-28-30-32-34-41(44)48-38-40(39-50-52(46,47)49-37-36-43(3,4)5)51-42(45)35-33-31-29-27-24-17-15-13-11-9-7-2/h10,12-13,15-16,18,20-21,23,25,40H,6-9,11,14,17,19,22,24,26-39H2,1-5H3/p+1/b12-10+,15-13+,18-16+,21-20+,25-23+/t40-/m0/s1. The number of rotatable bonds is 35. The van der Waals surface area contributed by atoms with E-state index in [0.717, 1.165) is 83.5 Å². The van der Waals surface area contributed by atoms with Gasteiger partial charge in [-0.25, -0.2) is 4.57 Å². The molecular formula is C42H75NO8P+. The van der Waals surface area contributed by atoms with Gasteiger partial charge in [0.2, 0.25) is 0 Å². The second kappa shape index (κ2) is 34.5. The zero-order chi connectivity index (χ0) is 38.6. The molecule has 9 nitrogen and oxygen atoms in total. The summed E-state index contributed by atoms with van der Waals surface area (Å²) in [4.78, 5) is 35.2. The van der Waals surface area contributed by atoms with Crippen molar-refractivity contribution in [1.29, 1.82) is 0 Å². The third-order valence-corrected chi connectivity index (χ3v) is 8.99. The van der Waals surface area contributed by atoms with E-state index in [1.54, 1.807) is 0 Å². The number of nitrogens with zero attached hydrogens (tertiary/aromatic N) is 1. The highest BCUT2D eigenvalue weighted by Gasteiger charge is 2.27. The predicted octanol–water partition coefficient (Wildman–Crippen LogP) is 10.9. The van der Waals surface area contributed by atoms with Gasteiger partial charge in [-0.15, -0.1) is 0 Å². The number of allylic oxidation sites excluding steroid dienone is 10. The maximum Gasteiger partial charge on any atom is 0.472 e. The molecule has 0 saturated carbocycles. The smallest absolute Gasteiger partial charge is 0.462 e. The highest BCUT2D eigenvalue weighted by Crippen LogP contribution is 2.43. The Morgan fingerprint density at radius 3 is 1.65 bits per heavy atom. The van der Waals surface area contributed by atoms with Crippen molar-refractivity contribution in [3.05, 3.63) is 60.8 Å². The van der Waals surface area contributed by atoms with Gasteiger partial charge in [0.15, 0.2) is 6.10 Å². The number of quaternary nitrogens is 1. The monoisotopic (exact) mass is 753 g/mol. The van der Waals surface area contributed by atoms with Gasteiger partial charge >= 0.3 is 19.8 Å². The van der Waals surface area contributed by atoms with Crippen molar-refractivity contribution in [2.75, 3.05) is 47.5 Å². The van der Waals surface area contributed by atoms with Crippen LogP contribution < -0.4 is 0 Å². The summed E-state index contributed by atoms with van der Waals surface area (Å²) in [5.74, 6) is -0.854. The van der Waals surface area contributed by atoms with E-state index in [-0.39, 0.29) is 26.1 Å². The SMILES string of the molecule is CCC/C=C/C/C=C/C/C=C/C/C=C/CCCCCC(=O)OC[C@@H](COP(=O)(O)OCC[N+](C)(C)C)OC(=O)CCCCCCC/C=C/CCCC. The van der Waals surface area contributed by atoms with Crippen LogP contribution in [0.1, 0.15) is 142 Å². The highest BCUT2D eigenvalue weighted by atomic mass is 31.2. The number of phosphoric ester groups is 1. The van der Waals surface area contributed by atoms with E-state index in [4.69, 9.17) is 18.5 Å². The zero-order valence-electron chi connectivity index (χ0n) is 33.5. The van der Waals surface area contributed by atoms with Gasteiger partial charge < -0.3 is 18.9 Å². The van der Waals surface area contributed by atoms with Crippen LogP contribution in [0, 0.1) is 0 Å². The van der Waals surface area contributed by atoms with Crippen molar-refractivity contribution in [3.63, 3.8) is 0 Å². The van der Waals surface area contributed by atoms with E-state index >= 15 is 0 Å². The lowest BCUT2D eigenvalue weighted by Gasteiger charge is -2.24. The van der Waals surface area contributed by atoms with Crippen molar-refractivity contribution >= 4 is 19.8 Å². The molecular weight excluding hydrogens is 677 g/mol. The molecule has 0 bridgehead atoms. The molecule has 2 atom stereocenters. The Morgan fingerprint density at radius 2 is 1.08 bits per heavy atom. The predicted molar refractivity (Wildman–Crippen MR) is 215 cm³/mol. The Balaban J connectivity index is 4.48. The number of phosphoric acid groups is 1. The first-order valence-electron chi connectivity index (χ1n) is 20.0. The van der Waals surface area contributed by atoms with Gasteiger partial charge in [-0.3, -0.25) is 18.6 Å². The molecule has 0 aromatic rings. The number of carbonyl (C=O) groups is 2. The van der Waals surface area contributed by atoms with Gasteiger partial charge in [-0.05, 0) is 70.6 Å². The van der Waals surface area contributed by atoms with Crippen molar-refractivity contribution in [2.45, 2.75) is 148 Å². The van der Waals surface area contributed by atoms with Gasteiger partial charge in [0.05, 0.1) is 27.7 Å². The molecule has 52 heavy (non-hydrogen) atoms. The molecule has 0 amide bonds. The second-order valence-corrected chi connectivity index (χ2v) is 15.8. The molecule has 0 aliphatic rings. The quantitative estimate of drug-likeness (QED) is 0.0224. The number of likely N-dealkylation sites (N-methyl/N-ethyl adjacent to an activating group) is 1. The van der Waals surface area contributed by atoms with Gasteiger partial charge in [0.25, 0.3) is 0 Å². The lowest BCUT2D eigenvalue weighted by atomic mass is 10.1. The van der Waals surface area contributed by atoms with Crippen LogP contribution in [0.15, 0.2) is 60.8 Å². The number of carbonyl (C=O) groups excluding carboxylic acids is 2. The largest absolute Gasteiger partial charge is 0.472 e. The highest BCUT2D eigenvalue weighted by molar-refractivity contribution is 7.47. The topological polar surface area (TPSA) is 108 Å². The summed E-state index contributed by atoms with van der Waals surface area (Å²) < 4.78 is 34.1. The van der Waals surface area contributed by atoms with E-state index in [1.165, 1.54) is 19.3 Å². The Kier molecular flexibility index (Phi) is 33.0. The van der Waals surface area contributed by atoms with Crippen molar-refractivity contribution < 1.29 is 42.1 Å². The van der Waals surface area contributed by atoms with Crippen LogP contribution in [-0.4, -0.2) is 74.9 Å². The molecule has 0 radical (unpaired) electrons. The first kappa shape index (κ1) is 49.7. The molecule has 0 aromatic heterocycles.